The van der Waals surface area contributed by atoms with Crippen LogP contribution in [-0.2, 0) is 11.8 Å². The number of nitrogens with one attached hydrogen (secondary N) is 2. The van der Waals surface area contributed by atoms with Crippen molar-refractivity contribution in [3.8, 4) is 0 Å². The summed E-state index contributed by atoms with van der Waals surface area (Å²) in [7, 11) is 1.92. The predicted molar refractivity (Wildman–Crippen MR) is 93.7 cm³/mol. The molecule has 1 aromatic heterocycles. The van der Waals surface area contributed by atoms with E-state index in [-0.39, 0.29) is 30.2 Å². The summed E-state index contributed by atoms with van der Waals surface area (Å²) in [6, 6.07) is 0.339. The van der Waals surface area contributed by atoms with Crippen LogP contribution in [0.1, 0.15) is 44.6 Å². The van der Waals surface area contributed by atoms with Crippen LogP contribution in [0.5, 0.6) is 0 Å². The van der Waals surface area contributed by atoms with Gasteiger partial charge in [-0.3, -0.25) is 9.48 Å². The number of amides is 1. The van der Waals surface area contributed by atoms with Crippen molar-refractivity contribution < 1.29 is 4.79 Å². The molecule has 0 aromatic carbocycles. The highest BCUT2D eigenvalue weighted by Gasteiger charge is 2.37. The molecule has 130 valence electrons. The van der Waals surface area contributed by atoms with Crippen molar-refractivity contribution in [2.24, 2.45) is 24.8 Å². The van der Waals surface area contributed by atoms with Gasteiger partial charge in [0.1, 0.15) is 0 Å². The average Bonchev–Trinajstić information content (AvgIpc) is 3.12. The Kier molecular flexibility index (Phi) is 6.09. The SMILES string of the molecule is CC1CCCC(NC(=O)[C@H]2CNC[C@@H]2c2cnn(C)c2)C1C.Cl. The van der Waals surface area contributed by atoms with Crippen LogP contribution >= 0.6 is 12.4 Å². The number of aromatic nitrogens is 2. The number of carbonyl (C=O) groups is 1. The zero-order valence-electron chi connectivity index (χ0n) is 14.3. The van der Waals surface area contributed by atoms with Crippen LogP contribution in [0.25, 0.3) is 0 Å². The van der Waals surface area contributed by atoms with Crippen molar-refractivity contribution in [3.05, 3.63) is 18.0 Å². The molecule has 3 unspecified atom stereocenters. The van der Waals surface area contributed by atoms with Gasteiger partial charge in [-0.15, -0.1) is 12.4 Å². The van der Waals surface area contributed by atoms with Crippen LogP contribution in [0.15, 0.2) is 12.4 Å². The van der Waals surface area contributed by atoms with E-state index in [9.17, 15) is 4.79 Å². The molecule has 2 N–H and O–H groups in total. The maximum atomic E-state index is 12.8. The minimum Gasteiger partial charge on any atom is -0.353 e. The Morgan fingerprint density at radius 3 is 2.83 bits per heavy atom. The molecular weight excluding hydrogens is 312 g/mol. The van der Waals surface area contributed by atoms with Crippen molar-refractivity contribution in [1.29, 1.82) is 0 Å². The fourth-order valence-electron chi connectivity index (χ4n) is 4.01. The van der Waals surface area contributed by atoms with E-state index in [0.29, 0.717) is 17.9 Å². The Hall–Kier alpha value is -1.07. The normalized spacial score (nSPS) is 34.0. The molecule has 1 aliphatic heterocycles. The van der Waals surface area contributed by atoms with Crippen molar-refractivity contribution in [3.63, 3.8) is 0 Å². The Bertz CT molecular complexity index is 532. The van der Waals surface area contributed by atoms with E-state index >= 15 is 0 Å². The molecule has 0 bridgehead atoms. The summed E-state index contributed by atoms with van der Waals surface area (Å²) < 4.78 is 1.81. The second-order valence-electron chi connectivity index (χ2n) is 7.20. The van der Waals surface area contributed by atoms with Crippen LogP contribution in [-0.4, -0.2) is 34.8 Å². The smallest absolute Gasteiger partial charge is 0.225 e. The van der Waals surface area contributed by atoms with E-state index < -0.39 is 0 Å². The van der Waals surface area contributed by atoms with Crippen LogP contribution in [0, 0.1) is 17.8 Å². The van der Waals surface area contributed by atoms with Gasteiger partial charge in [0.25, 0.3) is 0 Å². The molecule has 5 atom stereocenters. The molecule has 1 saturated heterocycles. The quantitative estimate of drug-likeness (QED) is 0.885. The van der Waals surface area contributed by atoms with Crippen molar-refractivity contribution in [2.75, 3.05) is 13.1 Å². The van der Waals surface area contributed by atoms with Gasteiger partial charge in [-0.2, -0.15) is 5.10 Å². The highest BCUT2D eigenvalue weighted by molar-refractivity contribution is 5.85. The fourth-order valence-corrected chi connectivity index (χ4v) is 4.01. The Morgan fingerprint density at radius 2 is 2.13 bits per heavy atom. The van der Waals surface area contributed by atoms with Crippen molar-refractivity contribution in [1.82, 2.24) is 20.4 Å². The molecule has 2 aliphatic rings. The summed E-state index contributed by atoms with van der Waals surface area (Å²) in [5, 5.41) is 11.0. The highest BCUT2D eigenvalue weighted by Crippen LogP contribution is 2.31. The van der Waals surface area contributed by atoms with Gasteiger partial charge in [0.15, 0.2) is 0 Å². The summed E-state index contributed by atoms with van der Waals surface area (Å²) >= 11 is 0. The first-order valence-electron chi connectivity index (χ1n) is 8.56. The molecule has 3 rings (SSSR count). The molecule has 1 aliphatic carbocycles. The van der Waals surface area contributed by atoms with E-state index in [1.54, 1.807) is 0 Å². The number of halogens is 1. The first kappa shape index (κ1) is 18.3. The number of aryl methyl sites for hydroxylation is 1. The standard InChI is InChI=1S/C17H28N4O.ClH/c1-11-5-4-6-16(12(11)2)20-17(22)15-9-18-8-14(15)13-7-19-21(3)10-13;/h7,10-12,14-16,18H,4-6,8-9H2,1-3H3,(H,20,22);1H/t11?,12?,14-,15+,16?;/m1./s1. The zero-order chi connectivity index (χ0) is 15.7. The lowest BCUT2D eigenvalue weighted by Crippen LogP contribution is -2.47. The maximum absolute atomic E-state index is 12.8. The zero-order valence-corrected chi connectivity index (χ0v) is 15.1. The predicted octanol–water partition coefficient (Wildman–Crippen LogP) is 2.09. The lowest BCUT2D eigenvalue weighted by Gasteiger charge is -2.35. The Labute approximate surface area is 145 Å². The third kappa shape index (κ3) is 3.89. The van der Waals surface area contributed by atoms with Crippen molar-refractivity contribution >= 4 is 18.3 Å². The summed E-state index contributed by atoms with van der Waals surface area (Å²) in [6.07, 6.45) is 7.56. The molecule has 0 radical (unpaired) electrons. The topological polar surface area (TPSA) is 59.0 Å². The Morgan fingerprint density at radius 1 is 1.35 bits per heavy atom. The minimum absolute atomic E-state index is 0. The molecule has 1 aromatic rings. The Balaban J connectivity index is 0.00000192. The molecular formula is C17H29ClN4O. The molecule has 5 nitrogen and oxygen atoms in total. The molecule has 2 heterocycles. The molecule has 0 spiro atoms. The van der Waals surface area contributed by atoms with Crippen LogP contribution in [0.4, 0.5) is 0 Å². The van der Waals surface area contributed by atoms with Gasteiger partial charge >= 0.3 is 0 Å². The van der Waals surface area contributed by atoms with Crippen molar-refractivity contribution in [2.45, 2.75) is 45.1 Å². The summed E-state index contributed by atoms with van der Waals surface area (Å²) in [5.41, 5.74) is 1.16. The maximum Gasteiger partial charge on any atom is 0.225 e. The van der Waals surface area contributed by atoms with Gasteiger partial charge in [-0.1, -0.05) is 26.7 Å². The third-order valence-corrected chi connectivity index (χ3v) is 5.74. The summed E-state index contributed by atoms with van der Waals surface area (Å²) in [5.74, 6) is 1.75. The first-order chi connectivity index (χ1) is 10.6. The van der Waals surface area contributed by atoms with Gasteiger partial charge < -0.3 is 10.6 Å². The van der Waals surface area contributed by atoms with E-state index in [0.717, 1.165) is 25.1 Å². The monoisotopic (exact) mass is 340 g/mol. The molecule has 6 heteroatoms. The van der Waals surface area contributed by atoms with Crippen LogP contribution in [0.2, 0.25) is 0 Å². The van der Waals surface area contributed by atoms with Gasteiger partial charge in [0.2, 0.25) is 5.91 Å². The van der Waals surface area contributed by atoms with Gasteiger partial charge in [0.05, 0.1) is 12.1 Å². The van der Waals surface area contributed by atoms with Gasteiger partial charge in [0, 0.05) is 38.3 Å². The molecule has 1 amide bonds. The second kappa shape index (κ2) is 7.67. The van der Waals surface area contributed by atoms with Gasteiger partial charge in [-0.05, 0) is 23.8 Å². The molecule has 2 fully saturated rings. The number of hydrogen-bond acceptors (Lipinski definition) is 3. The number of nitrogens with zero attached hydrogens (tertiary/aromatic N) is 2. The lowest BCUT2D eigenvalue weighted by atomic mass is 9.77. The third-order valence-electron chi connectivity index (χ3n) is 5.74. The van der Waals surface area contributed by atoms with E-state index in [4.69, 9.17) is 0 Å². The summed E-state index contributed by atoms with van der Waals surface area (Å²) in [6.45, 7) is 6.21. The van der Waals surface area contributed by atoms with E-state index in [1.807, 2.05) is 24.1 Å². The average molecular weight is 341 g/mol. The number of rotatable bonds is 3. The lowest BCUT2D eigenvalue weighted by molar-refractivity contribution is -0.126. The number of hydrogen-bond donors (Lipinski definition) is 2. The van der Waals surface area contributed by atoms with E-state index in [1.165, 1.54) is 12.8 Å². The number of carbonyl (C=O) groups excluding carboxylic acids is 1. The van der Waals surface area contributed by atoms with Crippen LogP contribution in [0.3, 0.4) is 0 Å². The first-order valence-corrected chi connectivity index (χ1v) is 8.56. The fraction of sp³-hybridized carbons (Fsp3) is 0.765. The van der Waals surface area contributed by atoms with Gasteiger partial charge in [-0.25, -0.2) is 0 Å². The molecule has 23 heavy (non-hydrogen) atoms. The van der Waals surface area contributed by atoms with E-state index in [2.05, 4.69) is 29.6 Å². The van der Waals surface area contributed by atoms with Crippen LogP contribution < -0.4 is 10.6 Å². The highest BCUT2D eigenvalue weighted by atomic mass is 35.5. The summed E-state index contributed by atoms with van der Waals surface area (Å²) in [4.78, 5) is 12.8. The minimum atomic E-state index is 0. The second-order valence-corrected chi connectivity index (χ2v) is 7.20. The molecule has 1 saturated carbocycles. The largest absolute Gasteiger partial charge is 0.353 e.